The maximum Gasteiger partial charge on any atom is 0.234 e. The van der Waals surface area contributed by atoms with E-state index in [2.05, 4.69) is 5.32 Å². The molecule has 0 saturated heterocycles. The summed E-state index contributed by atoms with van der Waals surface area (Å²) >= 11 is 0. The highest BCUT2D eigenvalue weighted by Crippen LogP contribution is 2.24. The molecule has 5 heteroatoms. The second-order valence-corrected chi connectivity index (χ2v) is 4.61. The lowest BCUT2D eigenvalue weighted by molar-refractivity contribution is -0.120. The normalized spacial score (nSPS) is 9.82. The number of benzene rings is 2. The monoisotopic (exact) mass is 298 g/mol. The number of hydrogen-bond donors (Lipinski definition) is 1. The molecular formula is C17H15FN2O2. The van der Waals surface area contributed by atoms with Crippen molar-refractivity contribution in [3.63, 3.8) is 0 Å². The van der Waals surface area contributed by atoms with Crippen LogP contribution in [-0.4, -0.2) is 12.5 Å². The SMILES string of the molecule is N#CCC(=O)NCCc1ccc(Oc2ccccc2)c(F)c1. The van der Waals surface area contributed by atoms with E-state index in [4.69, 9.17) is 10.00 Å². The summed E-state index contributed by atoms with van der Waals surface area (Å²) in [5.41, 5.74) is 0.746. The Bertz CT molecular complexity index is 681. The Morgan fingerprint density at radius 1 is 1.23 bits per heavy atom. The van der Waals surface area contributed by atoms with Gasteiger partial charge in [-0.2, -0.15) is 5.26 Å². The molecule has 0 bridgehead atoms. The zero-order valence-corrected chi connectivity index (χ0v) is 11.9. The number of nitriles is 1. The van der Waals surface area contributed by atoms with Crippen LogP contribution in [-0.2, 0) is 11.2 Å². The zero-order chi connectivity index (χ0) is 15.8. The Hall–Kier alpha value is -2.87. The van der Waals surface area contributed by atoms with Crippen molar-refractivity contribution in [1.82, 2.24) is 5.32 Å². The largest absolute Gasteiger partial charge is 0.454 e. The lowest BCUT2D eigenvalue weighted by atomic mass is 10.1. The van der Waals surface area contributed by atoms with Gasteiger partial charge in [0.05, 0.1) is 6.07 Å². The quantitative estimate of drug-likeness (QED) is 0.891. The van der Waals surface area contributed by atoms with Gasteiger partial charge in [0, 0.05) is 6.54 Å². The number of nitrogens with one attached hydrogen (secondary N) is 1. The topological polar surface area (TPSA) is 62.1 Å². The lowest BCUT2D eigenvalue weighted by Gasteiger charge is -2.08. The summed E-state index contributed by atoms with van der Waals surface area (Å²) in [6, 6.07) is 15.4. The van der Waals surface area contributed by atoms with Crippen LogP contribution in [0.15, 0.2) is 48.5 Å². The van der Waals surface area contributed by atoms with Crippen LogP contribution in [0.25, 0.3) is 0 Å². The van der Waals surface area contributed by atoms with Crippen molar-refractivity contribution >= 4 is 5.91 Å². The van der Waals surface area contributed by atoms with Gasteiger partial charge in [-0.3, -0.25) is 4.79 Å². The summed E-state index contributed by atoms with van der Waals surface area (Å²) in [4.78, 5) is 11.1. The van der Waals surface area contributed by atoms with Gasteiger partial charge in [-0.15, -0.1) is 0 Å². The number of para-hydroxylation sites is 1. The fraction of sp³-hybridized carbons (Fsp3) is 0.176. The number of hydrogen-bond acceptors (Lipinski definition) is 3. The van der Waals surface area contributed by atoms with Gasteiger partial charge >= 0.3 is 0 Å². The maximum absolute atomic E-state index is 14.0. The second kappa shape index (κ2) is 7.79. The highest BCUT2D eigenvalue weighted by molar-refractivity contribution is 5.77. The summed E-state index contributed by atoms with van der Waals surface area (Å²) in [6.07, 6.45) is 0.317. The van der Waals surface area contributed by atoms with Crippen LogP contribution in [0.3, 0.4) is 0 Å². The van der Waals surface area contributed by atoms with Crippen LogP contribution in [0.4, 0.5) is 4.39 Å². The Morgan fingerprint density at radius 2 is 2.00 bits per heavy atom. The Balaban J connectivity index is 1.92. The number of halogens is 1. The minimum Gasteiger partial charge on any atom is -0.454 e. The predicted octanol–water partition coefficient (Wildman–Crippen LogP) is 3.19. The standard InChI is InChI=1S/C17H15FN2O2/c18-15-12-13(9-11-20-17(21)8-10-19)6-7-16(15)22-14-4-2-1-3-5-14/h1-7,12H,8-9,11H2,(H,20,21). The van der Waals surface area contributed by atoms with Crippen LogP contribution >= 0.6 is 0 Å². The summed E-state index contributed by atoms with van der Waals surface area (Å²) in [6.45, 7) is 0.360. The first-order valence-corrected chi connectivity index (χ1v) is 6.84. The van der Waals surface area contributed by atoms with E-state index >= 15 is 0 Å². The van der Waals surface area contributed by atoms with E-state index in [0.29, 0.717) is 18.7 Å². The van der Waals surface area contributed by atoms with Gasteiger partial charge in [-0.25, -0.2) is 4.39 Å². The van der Waals surface area contributed by atoms with Crippen LogP contribution < -0.4 is 10.1 Å². The number of rotatable bonds is 6. The van der Waals surface area contributed by atoms with E-state index < -0.39 is 5.82 Å². The first-order valence-electron chi connectivity index (χ1n) is 6.84. The van der Waals surface area contributed by atoms with Crippen molar-refractivity contribution < 1.29 is 13.9 Å². The molecule has 0 aliphatic carbocycles. The van der Waals surface area contributed by atoms with Gasteiger partial charge in [0.2, 0.25) is 5.91 Å². The third kappa shape index (κ3) is 4.60. The maximum atomic E-state index is 14.0. The van der Waals surface area contributed by atoms with Crippen LogP contribution in [0, 0.1) is 17.1 Å². The van der Waals surface area contributed by atoms with Crippen molar-refractivity contribution in [1.29, 1.82) is 5.26 Å². The average Bonchev–Trinajstić information content (AvgIpc) is 2.51. The van der Waals surface area contributed by atoms with Crippen molar-refractivity contribution in [3.05, 3.63) is 59.9 Å². The van der Waals surface area contributed by atoms with Gasteiger partial charge in [0.1, 0.15) is 12.2 Å². The molecule has 2 aromatic carbocycles. The van der Waals surface area contributed by atoms with Gasteiger partial charge in [-0.1, -0.05) is 24.3 Å². The molecule has 0 aliphatic rings. The summed E-state index contributed by atoms with van der Waals surface area (Å²) in [7, 11) is 0. The van der Waals surface area contributed by atoms with Crippen molar-refractivity contribution in [2.45, 2.75) is 12.8 Å². The molecule has 1 N–H and O–H groups in total. The third-order valence-electron chi connectivity index (χ3n) is 2.94. The molecule has 0 aromatic heterocycles. The van der Waals surface area contributed by atoms with E-state index in [1.807, 2.05) is 18.2 Å². The fourth-order valence-corrected chi connectivity index (χ4v) is 1.88. The first-order chi connectivity index (χ1) is 10.7. The molecule has 0 atom stereocenters. The van der Waals surface area contributed by atoms with Gasteiger partial charge in [0.15, 0.2) is 11.6 Å². The predicted molar refractivity (Wildman–Crippen MR) is 79.9 cm³/mol. The van der Waals surface area contributed by atoms with Crippen molar-refractivity contribution in [3.8, 4) is 17.6 Å². The minimum absolute atomic E-state index is 0.156. The molecule has 4 nitrogen and oxygen atoms in total. The molecule has 0 radical (unpaired) electrons. The molecule has 0 saturated carbocycles. The molecule has 22 heavy (non-hydrogen) atoms. The molecule has 112 valence electrons. The number of nitrogens with zero attached hydrogens (tertiary/aromatic N) is 1. The highest BCUT2D eigenvalue weighted by atomic mass is 19.1. The summed E-state index contributed by atoms with van der Waals surface area (Å²) in [5.74, 6) is -0.0573. The zero-order valence-electron chi connectivity index (χ0n) is 11.9. The van der Waals surface area contributed by atoms with E-state index in [-0.39, 0.29) is 18.1 Å². The van der Waals surface area contributed by atoms with Gasteiger partial charge < -0.3 is 10.1 Å². The second-order valence-electron chi connectivity index (χ2n) is 4.61. The van der Waals surface area contributed by atoms with E-state index in [1.165, 1.54) is 6.07 Å². The molecule has 0 heterocycles. The summed E-state index contributed by atoms with van der Waals surface area (Å²) in [5, 5.41) is 11.0. The van der Waals surface area contributed by atoms with E-state index in [0.717, 1.165) is 5.56 Å². The summed E-state index contributed by atoms with van der Waals surface area (Å²) < 4.78 is 19.4. The van der Waals surface area contributed by atoms with Crippen LogP contribution in [0.1, 0.15) is 12.0 Å². The smallest absolute Gasteiger partial charge is 0.234 e. The molecule has 0 fully saturated rings. The number of carbonyl (C=O) groups is 1. The third-order valence-corrected chi connectivity index (χ3v) is 2.94. The molecule has 0 spiro atoms. The van der Waals surface area contributed by atoms with Crippen LogP contribution in [0.5, 0.6) is 11.5 Å². The number of amides is 1. The lowest BCUT2D eigenvalue weighted by Crippen LogP contribution is -2.24. The van der Waals surface area contributed by atoms with Crippen molar-refractivity contribution in [2.24, 2.45) is 0 Å². The molecular weight excluding hydrogens is 283 g/mol. The first kappa shape index (κ1) is 15.5. The minimum atomic E-state index is -0.454. The number of carbonyl (C=O) groups excluding carboxylic acids is 1. The Labute approximate surface area is 128 Å². The molecule has 1 amide bonds. The van der Waals surface area contributed by atoms with E-state index in [9.17, 15) is 9.18 Å². The number of ether oxygens (including phenoxy) is 1. The molecule has 0 aliphatic heterocycles. The van der Waals surface area contributed by atoms with Crippen molar-refractivity contribution in [2.75, 3.05) is 6.54 Å². The Kier molecular flexibility index (Phi) is 5.50. The molecule has 2 aromatic rings. The fourth-order valence-electron chi connectivity index (χ4n) is 1.88. The Morgan fingerprint density at radius 3 is 2.68 bits per heavy atom. The van der Waals surface area contributed by atoms with E-state index in [1.54, 1.807) is 30.3 Å². The average molecular weight is 298 g/mol. The molecule has 0 unspecified atom stereocenters. The highest BCUT2D eigenvalue weighted by Gasteiger charge is 2.06. The molecule has 2 rings (SSSR count). The van der Waals surface area contributed by atoms with Crippen LogP contribution in [0.2, 0.25) is 0 Å². The van der Waals surface area contributed by atoms with Gasteiger partial charge in [-0.05, 0) is 36.2 Å². The van der Waals surface area contributed by atoms with Gasteiger partial charge in [0.25, 0.3) is 0 Å².